The molecule has 0 bridgehead atoms. The maximum absolute atomic E-state index is 12.3. The number of benzene rings is 1. The smallest absolute Gasteiger partial charge is 0.260 e. The van der Waals surface area contributed by atoms with Gasteiger partial charge in [0.25, 0.3) is 5.91 Å². The second-order valence-corrected chi connectivity index (χ2v) is 8.69. The first-order valence-electron chi connectivity index (χ1n) is 9.91. The van der Waals surface area contributed by atoms with Crippen LogP contribution in [0.3, 0.4) is 0 Å². The summed E-state index contributed by atoms with van der Waals surface area (Å²) < 4.78 is 6.00. The molecule has 0 heterocycles. The summed E-state index contributed by atoms with van der Waals surface area (Å²) in [4.78, 5) is 12.3. The van der Waals surface area contributed by atoms with Gasteiger partial charge in [0.05, 0.1) is 0 Å². The van der Waals surface area contributed by atoms with Crippen LogP contribution in [0, 0.1) is 0 Å². The minimum Gasteiger partial charge on any atom is -0.481 e. The van der Waals surface area contributed by atoms with Crippen LogP contribution in [0.15, 0.2) is 18.2 Å². The fourth-order valence-corrected chi connectivity index (χ4v) is 5.10. The molecule has 2 aliphatic carbocycles. The highest BCUT2D eigenvalue weighted by Crippen LogP contribution is 2.30. The molecule has 138 valence electrons. The van der Waals surface area contributed by atoms with E-state index in [-0.39, 0.29) is 5.91 Å². The molecule has 1 atom stereocenters. The maximum Gasteiger partial charge on any atom is 0.260 e. The molecule has 1 N–H and O–H groups in total. The van der Waals surface area contributed by atoms with E-state index in [4.69, 9.17) is 4.74 Å². The molecule has 25 heavy (non-hydrogen) atoms. The quantitative estimate of drug-likeness (QED) is 0.726. The lowest BCUT2D eigenvalue weighted by Gasteiger charge is -2.22. The van der Waals surface area contributed by atoms with Crippen LogP contribution >= 0.6 is 11.8 Å². The molecule has 1 aromatic rings. The second kappa shape index (κ2) is 9.51. The number of amides is 1. The SMILES string of the molecule is C[C@H](Oc1cccc2c1CCCC2)C(=O)NCCSC1CCCCC1. The normalized spacial score (nSPS) is 19.1. The van der Waals surface area contributed by atoms with Crippen LogP contribution in [0.25, 0.3) is 0 Å². The molecule has 0 spiro atoms. The molecule has 0 aromatic heterocycles. The first kappa shape index (κ1) is 18.6. The highest BCUT2D eigenvalue weighted by atomic mass is 32.2. The summed E-state index contributed by atoms with van der Waals surface area (Å²) in [6.07, 6.45) is 11.1. The van der Waals surface area contributed by atoms with Gasteiger partial charge in [0, 0.05) is 17.5 Å². The predicted octanol–water partition coefficient (Wildman–Crippen LogP) is 4.51. The van der Waals surface area contributed by atoms with Crippen LogP contribution in [0.4, 0.5) is 0 Å². The molecule has 0 saturated heterocycles. The van der Waals surface area contributed by atoms with E-state index in [0.29, 0.717) is 0 Å². The zero-order valence-corrected chi connectivity index (χ0v) is 16.2. The lowest BCUT2D eigenvalue weighted by molar-refractivity contribution is -0.127. The Kier molecular flexibility index (Phi) is 7.09. The van der Waals surface area contributed by atoms with Crippen molar-refractivity contribution >= 4 is 17.7 Å². The van der Waals surface area contributed by atoms with Gasteiger partial charge in [0.15, 0.2) is 6.10 Å². The van der Waals surface area contributed by atoms with E-state index in [1.54, 1.807) is 0 Å². The number of nitrogens with one attached hydrogen (secondary N) is 1. The second-order valence-electron chi connectivity index (χ2n) is 7.28. The van der Waals surface area contributed by atoms with Crippen molar-refractivity contribution in [3.05, 3.63) is 29.3 Å². The summed E-state index contributed by atoms with van der Waals surface area (Å²) >= 11 is 2.02. The van der Waals surface area contributed by atoms with Crippen molar-refractivity contribution in [1.29, 1.82) is 0 Å². The van der Waals surface area contributed by atoms with Gasteiger partial charge in [-0.1, -0.05) is 31.4 Å². The number of ether oxygens (including phenoxy) is 1. The number of aryl methyl sites for hydroxylation is 1. The molecular formula is C21H31NO2S. The van der Waals surface area contributed by atoms with Crippen LogP contribution < -0.4 is 10.1 Å². The minimum atomic E-state index is -0.437. The van der Waals surface area contributed by atoms with E-state index in [1.165, 1.54) is 56.1 Å². The summed E-state index contributed by atoms with van der Waals surface area (Å²) in [5.74, 6) is 1.90. The Morgan fingerprint density at radius 3 is 2.84 bits per heavy atom. The third-order valence-electron chi connectivity index (χ3n) is 5.33. The van der Waals surface area contributed by atoms with Crippen molar-refractivity contribution in [3.8, 4) is 5.75 Å². The standard InChI is InChI=1S/C21H31NO2S/c1-16(21(23)22-14-15-25-18-10-3-2-4-11-18)24-20-13-7-9-17-8-5-6-12-19(17)20/h7,9,13,16,18H,2-6,8,10-12,14-15H2,1H3,(H,22,23)/t16-/m0/s1. The van der Waals surface area contributed by atoms with E-state index >= 15 is 0 Å². The van der Waals surface area contributed by atoms with Gasteiger partial charge in [-0.25, -0.2) is 0 Å². The summed E-state index contributed by atoms with van der Waals surface area (Å²) in [5.41, 5.74) is 2.70. The third kappa shape index (κ3) is 5.40. The molecule has 2 aliphatic rings. The maximum atomic E-state index is 12.3. The van der Waals surface area contributed by atoms with E-state index in [2.05, 4.69) is 11.4 Å². The molecule has 3 nitrogen and oxygen atoms in total. The van der Waals surface area contributed by atoms with Gasteiger partial charge in [-0.2, -0.15) is 11.8 Å². The first-order valence-corrected chi connectivity index (χ1v) is 11.0. The molecule has 0 unspecified atom stereocenters. The van der Waals surface area contributed by atoms with Gasteiger partial charge in [0.2, 0.25) is 0 Å². The topological polar surface area (TPSA) is 38.3 Å². The monoisotopic (exact) mass is 361 g/mol. The third-order valence-corrected chi connectivity index (χ3v) is 6.72. The average molecular weight is 362 g/mol. The Balaban J connectivity index is 1.42. The van der Waals surface area contributed by atoms with Crippen LogP contribution in [0.2, 0.25) is 0 Å². The van der Waals surface area contributed by atoms with E-state index in [1.807, 2.05) is 30.8 Å². The molecule has 1 saturated carbocycles. The summed E-state index contributed by atoms with van der Waals surface area (Å²) in [6.45, 7) is 2.59. The summed E-state index contributed by atoms with van der Waals surface area (Å²) in [6, 6.07) is 6.24. The van der Waals surface area contributed by atoms with E-state index in [0.717, 1.165) is 36.1 Å². The first-order chi connectivity index (χ1) is 12.2. The van der Waals surface area contributed by atoms with Crippen molar-refractivity contribution < 1.29 is 9.53 Å². The van der Waals surface area contributed by atoms with Crippen molar-refractivity contribution in [2.45, 2.75) is 76.1 Å². The van der Waals surface area contributed by atoms with Gasteiger partial charge in [-0.3, -0.25) is 4.79 Å². The van der Waals surface area contributed by atoms with Crippen LogP contribution in [0.1, 0.15) is 63.0 Å². The molecule has 3 rings (SSSR count). The molecule has 0 aliphatic heterocycles. The van der Waals surface area contributed by atoms with Gasteiger partial charge in [-0.15, -0.1) is 0 Å². The number of carbonyl (C=O) groups excluding carboxylic acids is 1. The molecule has 1 aromatic carbocycles. The lowest BCUT2D eigenvalue weighted by Crippen LogP contribution is -2.37. The minimum absolute atomic E-state index is 0.00217. The van der Waals surface area contributed by atoms with Gasteiger partial charge in [0.1, 0.15) is 5.75 Å². The van der Waals surface area contributed by atoms with Gasteiger partial charge < -0.3 is 10.1 Å². The Hall–Kier alpha value is -1.16. The van der Waals surface area contributed by atoms with Crippen molar-refractivity contribution in [2.75, 3.05) is 12.3 Å². The Bertz CT molecular complexity index is 569. The Labute approximate surface area is 156 Å². The molecule has 1 amide bonds. The highest BCUT2D eigenvalue weighted by Gasteiger charge is 2.19. The number of rotatable bonds is 7. The fourth-order valence-electron chi connectivity index (χ4n) is 3.88. The van der Waals surface area contributed by atoms with Gasteiger partial charge in [-0.05, 0) is 62.6 Å². The van der Waals surface area contributed by atoms with Crippen molar-refractivity contribution in [2.24, 2.45) is 0 Å². The van der Waals surface area contributed by atoms with Crippen LogP contribution in [0.5, 0.6) is 5.75 Å². The molecular weight excluding hydrogens is 330 g/mol. The predicted molar refractivity (Wildman–Crippen MR) is 106 cm³/mol. The van der Waals surface area contributed by atoms with Crippen LogP contribution in [-0.2, 0) is 17.6 Å². The average Bonchev–Trinajstić information content (AvgIpc) is 2.66. The fraction of sp³-hybridized carbons (Fsp3) is 0.667. The Morgan fingerprint density at radius 2 is 2.00 bits per heavy atom. The number of hydrogen-bond donors (Lipinski definition) is 1. The number of thioether (sulfide) groups is 1. The van der Waals surface area contributed by atoms with Crippen LogP contribution in [-0.4, -0.2) is 29.6 Å². The zero-order valence-electron chi connectivity index (χ0n) is 15.4. The lowest BCUT2D eigenvalue weighted by atomic mass is 9.91. The highest BCUT2D eigenvalue weighted by molar-refractivity contribution is 7.99. The zero-order chi connectivity index (χ0) is 17.5. The number of hydrogen-bond acceptors (Lipinski definition) is 3. The van der Waals surface area contributed by atoms with E-state index < -0.39 is 6.10 Å². The number of carbonyl (C=O) groups is 1. The summed E-state index contributed by atoms with van der Waals surface area (Å²) in [7, 11) is 0. The number of fused-ring (bicyclic) bond motifs is 1. The molecule has 1 fully saturated rings. The molecule has 0 radical (unpaired) electrons. The van der Waals surface area contributed by atoms with Crippen molar-refractivity contribution in [3.63, 3.8) is 0 Å². The largest absolute Gasteiger partial charge is 0.481 e. The molecule has 4 heteroatoms. The van der Waals surface area contributed by atoms with E-state index in [9.17, 15) is 4.79 Å². The Morgan fingerprint density at radius 1 is 1.20 bits per heavy atom. The van der Waals surface area contributed by atoms with Crippen molar-refractivity contribution in [1.82, 2.24) is 5.32 Å². The van der Waals surface area contributed by atoms with Gasteiger partial charge >= 0.3 is 0 Å². The summed E-state index contributed by atoms with van der Waals surface area (Å²) in [5, 5.41) is 3.84.